The Bertz CT molecular complexity index is 317. The third-order valence-electron chi connectivity index (χ3n) is 1.90. The highest BCUT2D eigenvalue weighted by Crippen LogP contribution is 1.98. The minimum Gasteiger partial charge on any atom is -0.481 e. The number of aliphatic hydroxyl groups excluding tert-OH is 1. The Hall–Kier alpha value is -1.61. The standard InChI is InChI=1S/C8H8O2.C6H12O/c9-8(10)6-7-4-2-1-3-5-7;1-2-3-4-5-6-7/h1-5H,6H2,(H,9,10);3-4,7H,2,5-6H2,1H3. The zero-order valence-corrected chi connectivity index (χ0v) is 10.2. The predicted octanol–water partition coefficient (Wildman–Crippen LogP) is 2.65. The van der Waals surface area contributed by atoms with Crippen molar-refractivity contribution in [3.05, 3.63) is 48.0 Å². The van der Waals surface area contributed by atoms with Gasteiger partial charge in [0.2, 0.25) is 0 Å². The number of carboxylic acids is 1. The van der Waals surface area contributed by atoms with Crippen molar-refractivity contribution in [3.63, 3.8) is 0 Å². The number of hydrogen-bond acceptors (Lipinski definition) is 2. The van der Waals surface area contributed by atoms with E-state index in [2.05, 4.69) is 13.0 Å². The Morgan fingerprint density at radius 1 is 1.24 bits per heavy atom. The lowest BCUT2D eigenvalue weighted by Crippen LogP contribution is -1.98. The van der Waals surface area contributed by atoms with Crippen molar-refractivity contribution in [3.8, 4) is 0 Å². The molecule has 1 aromatic rings. The van der Waals surface area contributed by atoms with E-state index < -0.39 is 5.97 Å². The van der Waals surface area contributed by atoms with Crippen LogP contribution in [0.4, 0.5) is 0 Å². The third kappa shape index (κ3) is 10.7. The molecule has 3 heteroatoms. The Morgan fingerprint density at radius 2 is 1.88 bits per heavy atom. The van der Waals surface area contributed by atoms with Crippen molar-refractivity contribution in [2.45, 2.75) is 26.2 Å². The monoisotopic (exact) mass is 236 g/mol. The van der Waals surface area contributed by atoms with Gasteiger partial charge in [0.25, 0.3) is 0 Å². The molecule has 0 heterocycles. The van der Waals surface area contributed by atoms with Gasteiger partial charge < -0.3 is 10.2 Å². The van der Waals surface area contributed by atoms with Crippen LogP contribution in [0, 0.1) is 0 Å². The largest absolute Gasteiger partial charge is 0.481 e. The van der Waals surface area contributed by atoms with E-state index in [0.717, 1.165) is 18.4 Å². The summed E-state index contributed by atoms with van der Waals surface area (Å²) >= 11 is 0. The molecule has 0 aliphatic heterocycles. The van der Waals surface area contributed by atoms with Gasteiger partial charge in [0.05, 0.1) is 6.42 Å². The van der Waals surface area contributed by atoms with Crippen LogP contribution in [0.1, 0.15) is 25.3 Å². The van der Waals surface area contributed by atoms with Crippen molar-refractivity contribution in [2.75, 3.05) is 6.61 Å². The summed E-state index contributed by atoms with van der Waals surface area (Å²) in [5.41, 5.74) is 0.843. The first kappa shape index (κ1) is 15.4. The molecule has 0 saturated heterocycles. The Kier molecular flexibility index (Phi) is 9.86. The molecule has 0 atom stereocenters. The molecule has 0 spiro atoms. The molecule has 0 fully saturated rings. The molecule has 0 unspecified atom stereocenters. The molecule has 0 bridgehead atoms. The minimum absolute atomic E-state index is 0.112. The molecule has 3 nitrogen and oxygen atoms in total. The van der Waals surface area contributed by atoms with Crippen LogP contribution in [0.25, 0.3) is 0 Å². The quantitative estimate of drug-likeness (QED) is 0.773. The van der Waals surface area contributed by atoms with E-state index in [0.29, 0.717) is 0 Å². The summed E-state index contributed by atoms with van der Waals surface area (Å²) in [4.78, 5) is 10.2. The summed E-state index contributed by atoms with van der Waals surface area (Å²) in [7, 11) is 0. The lowest BCUT2D eigenvalue weighted by atomic mass is 10.2. The van der Waals surface area contributed by atoms with Crippen LogP contribution in [-0.4, -0.2) is 22.8 Å². The smallest absolute Gasteiger partial charge is 0.307 e. The maximum atomic E-state index is 10.2. The van der Waals surface area contributed by atoms with Crippen LogP contribution in [0.5, 0.6) is 0 Å². The lowest BCUT2D eigenvalue weighted by molar-refractivity contribution is -0.136. The molecule has 94 valence electrons. The minimum atomic E-state index is -0.786. The second-order valence-electron chi connectivity index (χ2n) is 3.45. The summed E-state index contributed by atoms with van der Waals surface area (Å²) in [5, 5.41) is 16.6. The van der Waals surface area contributed by atoms with Crippen molar-refractivity contribution in [1.29, 1.82) is 0 Å². The average molecular weight is 236 g/mol. The highest BCUT2D eigenvalue weighted by Gasteiger charge is 1.96. The van der Waals surface area contributed by atoms with Crippen LogP contribution in [0.2, 0.25) is 0 Å². The van der Waals surface area contributed by atoms with Gasteiger partial charge in [0.15, 0.2) is 0 Å². The van der Waals surface area contributed by atoms with E-state index in [9.17, 15) is 4.79 Å². The summed E-state index contributed by atoms with van der Waals surface area (Å²) in [6.07, 6.45) is 6.02. The van der Waals surface area contributed by atoms with Gasteiger partial charge in [-0.15, -0.1) is 0 Å². The first-order valence-electron chi connectivity index (χ1n) is 5.72. The molecule has 0 aliphatic rings. The first-order valence-corrected chi connectivity index (χ1v) is 5.72. The van der Waals surface area contributed by atoms with Crippen LogP contribution >= 0.6 is 0 Å². The van der Waals surface area contributed by atoms with Crippen LogP contribution in [0.15, 0.2) is 42.5 Å². The Labute approximate surface area is 102 Å². The highest BCUT2D eigenvalue weighted by atomic mass is 16.4. The van der Waals surface area contributed by atoms with E-state index in [1.165, 1.54) is 0 Å². The van der Waals surface area contributed by atoms with Gasteiger partial charge in [-0.2, -0.15) is 0 Å². The maximum absolute atomic E-state index is 10.2. The first-order chi connectivity index (χ1) is 8.20. The van der Waals surface area contributed by atoms with Gasteiger partial charge in [-0.3, -0.25) is 4.79 Å². The average Bonchev–Trinajstić information content (AvgIpc) is 2.31. The molecule has 0 saturated carbocycles. The van der Waals surface area contributed by atoms with Crippen LogP contribution in [0.3, 0.4) is 0 Å². The SMILES string of the molecule is CCC=CCCO.O=C(O)Cc1ccccc1. The van der Waals surface area contributed by atoms with Crippen LogP contribution < -0.4 is 0 Å². The molecular weight excluding hydrogens is 216 g/mol. The molecule has 0 aliphatic carbocycles. The predicted molar refractivity (Wildman–Crippen MR) is 68.9 cm³/mol. The topological polar surface area (TPSA) is 57.5 Å². The van der Waals surface area contributed by atoms with Gasteiger partial charge in [-0.25, -0.2) is 0 Å². The van der Waals surface area contributed by atoms with E-state index >= 15 is 0 Å². The van der Waals surface area contributed by atoms with Gasteiger partial charge in [-0.1, -0.05) is 49.4 Å². The van der Waals surface area contributed by atoms with Crippen molar-refractivity contribution in [1.82, 2.24) is 0 Å². The molecule has 1 aromatic carbocycles. The number of carbonyl (C=O) groups is 1. The molecule has 17 heavy (non-hydrogen) atoms. The molecule has 0 amide bonds. The number of carboxylic acid groups (broad SMARTS) is 1. The van der Waals surface area contributed by atoms with Gasteiger partial charge in [0.1, 0.15) is 0 Å². The summed E-state index contributed by atoms with van der Waals surface area (Å²) in [5.74, 6) is -0.786. The number of benzene rings is 1. The van der Waals surface area contributed by atoms with E-state index in [1.807, 2.05) is 24.3 Å². The Morgan fingerprint density at radius 3 is 2.35 bits per heavy atom. The number of hydrogen-bond donors (Lipinski definition) is 2. The fourth-order valence-corrected chi connectivity index (χ4v) is 1.13. The van der Waals surface area contributed by atoms with Crippen molar-refractivity contribution < 1.29 is 15.0 Å². The lowest BCUT2D eigenvalue weighted by Gasteiger charge is -1.92. The maximum Gasteiger partial charge on any atom is 0.307 e. The zero-order valence-electron chi connectivity index (χ0n) is 10.2. The molecule has 0 radical (unpaired) electrons. The number of rotatable bonds is 5. The van der Waals surface area contributed by atoms with Crippen molar-refractivity contribution >= 4 is 5.97 Å². The second kappa shape index (κ2) is 10.9. The van der Waals surface area contributed by atoms with Crippen molar-refractivity contribution in [2.24, 2.45) is 0 Å². The number of allylic oxidation sites excluding steroid dienone is 1. The van der Waals surface area contributed by atoms with Crippen LogP contribution in [-0.2, 0) is 11.2 Å². The summed E-state index contributed by atoms with van der Waals surface area (Å²) in [6, 6.07) is 9.13. The normalized spacial score (nSPS) is 9.76. The third-order valence-corrected chi connectivity index (χ3v) is 1.90. The van der Waals surface area contributed by atoms with Gasteiger partial charge in [0, 0.05) is 6.61 Å². The van der Waals surface area contributed by atoms with E-state index in [4.69, 9.17) is 10.2 Å². The fourth-order valence-electron chi connectivity index (χ4n) is 1.13. The number of aliphatic carboxylic acids is 1. The summed E-state index contributed by atoms with van der Waals surface area (Å²) in [6.45, 7) is 2.35. The molecule has 0 aromatic heterocycles. The highest BCUT2D eigenvalue weighted by molar-refractivity contribution is 5.70. The van der Waals surface area contributed by atoms with Gasteiger partial charge in [-0.05, 0) is 18.4 Å². The number of aliphatic hydroxyl groups is 1. The van der Waals surface area contributed by atoms with E-state index in [1.54, 1.807) is 12.1 Å². The zero-order chi connectivity index (χ0) is 12.9. The molecule has 2 N–H and O–H groups in total. The molecular formula is C14H20O3. The summed E-state index contributed by atoms with van der Waals surface area (Å²) < 4.78 is 0. The second-order valence-corrected chi connectivity index (χ2v) is 3.45. The molecule has 1 rings (SSSR count). The van der Waals surface area contributed by atoms with E-state index in [-0.39, 0.29) is 13.0 Å². The Balaban J connectivity index is 0.000000325. The van der Waals surface area contributed by atoms with Gasteiger partial charge >= 0.3 is 5.97 Å². The fraction of sp³-hybridized carbons (Fsp3) is 0.357.